The Morgan fingerprint density at radius 1 is 1.14 bits per heavy atom. The van der Waals surface area contributed by atoms with Gasteiger partial charge in [0.05, 0.1) is 18.3 Å². The predicted molar refractivity (Wildman–Crippen MR) is 86.8 cm³/mol. The second-order valence-electron chi connectivity index (χ2n) is 5.22. The molecule has 4 heteroatoms. The van der Waals surface area contributed by atoms with Crippen LogP contribution in [0, 0.1) is 0 Å². The van der Waals surface area contributed by atoms with Crippen molar-refractivity contribution in [1.82, 2.24) is 9.78 Å². The molecule has 1 aromatic carbocycles. The molecule has 0 aliphatic heterocycles. The SMILES string of the molecule is CCc1nn(Cc2ccc(Cl)cc2)c(CC)c1C(O)CC. The highest BCUT2D eigenvalue weighted by Crippen LogP contribution is 2.26. The number of nitrogens with zero attached hydrogens (tertiary/aromatic N) is 2. The van der Waals surface area contributed by atoms with Crippen LogP contribution in [-0.2, 0) is 19.4 Å². The van der Waals surface area contributed by atoms with E-state index in [-0.39, 0.29) is 0 Å². The standard InChI is InChI=1S/C17H23ClN2O/c1-4-14-17(16(21)6-3)15(5-2)20(19-14)11-12-7-9-13(18)10-8-12/h7-10,16,21H,4-6,11H2,1-3H3. The molecule has 3 nitrogen and oxygen atoms in total. The average Bonchev–Trinajstić information content (AvgIpc) is 2.86. The molecule has 0 radical (unpaired) electrons. The number of aliphatic hydroxyl groups excluding tert-OH is 1. The molecule has 114 valence electrons. The van der Waals surface area contributed by atoms with Gasteiger partial charge in [-0.15, -0.1) is 0 Å². The van der Waals surface area contributed by atoms with Gasteiger partial charge in [-0.1, -0.05) is 44.5 Å². The fourth-order valence-corrected chi connectivity index (χ4v) is 2.81. The molecular formula is C17H23ClN2O. The van der Waals surface area contributed by atoms with Crippen LogP contribution in [-0.4, -0.2) is 14.9 Å². The summed E-state index contributed by atoms with van der Waals surface area (Å²) in [5.41, 5.74) is 4.33. The zero-order chi connectivity index (χ0) is 15.4. The normalized spacial score (nSPS) is 12.6. The Bertz CT molecular complexity index is 590. The summed E-state index contributed by atoms with van der Waals surface area (Å²) in [5, 5.41) is 15.7. The Labute approximate surface area is 131 Å². The first-order chi connectivity index (χ1) is 10.1. The van der Waals surface area contributed by atoms with E-state index < -0.39 is 6.10 Å². The first kappa shape index (κ1) is 16.1. The van der Waals surface area contributed by atoms with Crippen LogP contribution in [0.1, 0.15) is 55.8 Å². The van der Waals surface area contributed by atoms with Crippen LogP contribution < -0.4 is 0 Å². The number of aliphatic hydroxyl groups is 1. The van der Waals surface area contributed by atoms with E-state index in [4.69, 9.17) is 16.7 Å². The number of hydrogen-bond donors (Lipinski definition) is 1. The van der Waals surface area contributed by atoms with E-state index in [1.807, 2.05) is 35.9 Å². The molecule has 0 aliphatic carbocycles. The van der Waals surface area contributed by atoms with Gasteiger partial charge in [0.15, 0.2) is 0 Å². The van der Waals surface area contributed by atoms with Gasteiger partial charge < -0.3 is 5.11 Å². The van der Waals surface area contributed by atoms with Crippen molar-refractivity contribution in [3.63, 3.8) is 0 Å². The lowest BCUT2D eigenvalue weighted by Gasteiger charge is -2.12. The second kappa shape index (κ2) is 7.10. The maximum Gasteiger partial charge on any atom is 0.0823 e. The van der Waals surface area contributed by atoms with Crippen LogP contribution in [0.4, 0.5) is 0 Å². The summed E-state index contributed by atoms with van der Waals surface area (Å²) in [6.45, 7) is 6.91. The number of aromatic nitrogens is 2. The third kappa shape index (κ3) is 3.47. The lowest BCUT2D eigenvalue weighted by atomic mass is 10.0. The summed E-state index contributed by atoms with van der Waals surface area (Å²) in [6, 6.07) is 7.83. The van der Waals surface area contributed by atoms with Crippen LogP contribution in [0.15, 0.2) is 24.3 Å². The van der Waals surface area contributed by atoms with Crippen molar-refractivity contribution < 1.29 is 5.11 Å². The molecular weight excluding hydrogens is 284 g/mol. The van der Waals surface area contributed by atoms with Crippen molar-refractivity contribution in [3.05, 3.63) is 51.8 Å². The van der Waals surface area contributed by atoms with Gasteiger partial charge in [-0.05, 0) is 37.0 Å². The summed E-state index contributed by atoms with van der Waals surface area (Å²) in [4.78, 5) is 0. The highest BCUT2D eigenvalue weighted by Gasteiger charge is 2.20. The molecule has 1 unspecified atom stereocenters. The minimum absolute atomic E-state index is 0.422. The van der Waals surface area contributed by atoms with E-state index in [1.54, 1.807) is 0 Å². The largest absolute Gasteiger partial charge is 0.388 e. The highest BCUT2D eigenvalue weighted by molar-refractivity contribution is 6.30. The highest BCUT2D eigenvalue weighted by atomic mass is 35.5. The van der Waals surface area contributed by atoms with Gasteiger partial charge in [0.1, 0.15) is 0 Å². The molecule has 2 rings (SSSR count). The van der Waals surface area contributed by atoms with Crippen LogP contribution in [0.3, 0.4) is 0 Å². The van der Waals surface area contributed by atoms with Gasteiger partial charge in [-0.3, -0.25) is 4.68 Å². The molecule has 0 aliphatic rings. The number of aryl methyl sites for hydroxylation is 1. The molecule has 0 bridgehead atoms. The smallest absolute Gasteiger partial charge is 0.0823 e. The van der Waals surface area contributed by atoms with E-state index in [2.05, 4.69) is 13.8 Å². The predicted octanol–water partition coefficient (Wildman–Crippen LogP) is 4.15. The molecule has 1 atom stereocenters. The maximum atomic E-state index is 10.3. The van der Waals surface area contributed by atoms with Gasteiger partial charge in [0, 0.05) is 16.3 Å². The maximum absolute atomic E-state index is 10.3. The first-order valence-corrected chi connectivity index (χ1v) is 7.99. The molecule has 21 heavy (non-hydrogen) atoms. The van der Waals surface area contributed by atoms with E-state index in [9.17, 15) is 5.11 Å². The molecule has 1 heterocycles. The topological polar surface area (TPSA) is 38.0 Å². The molecule has 0 saturated heterocycles. The Kier molecular flexibility index (Phi) is 5.43. The van der Waals surface area contributed by atoms with Gasteiger partial charge in [-0.2, -0.15) is 5.10 Å². The van der Waals surface area contributed by atoms with E-state index in [0.29, 0.717) is 13.0 Å². The van der Waals surface area contributed by atoms with Crippen molar-refractivity contribution in [2.75, 3.05) is 0 Å². The summed E-state index contributed by atoms with van der Waals surface area (Å²) in [6.07, 6.45) is 2.00. The fraction of sp³-hybridized carbons (Fsp3) is 0.471. The zero-order valence-electron chi connectivity index (χ0n) is 12.9. The van der Waals surface area contributed by atoms with Gasteiger partial charge >= 0.3 is 0 Å². The Hall–Kier alpha value is -1.32. The molecule has 0 spiro atoms. The lowest BCUT2D eigenvalue weighted by Crippen LogP contribution is -2.08. The van der Waals surface area contributed by atoms with Crippen LogP contribution in [0.2, 0.25) is 5.02 Å². The lowest BCUT2D eigenvalue weighted by molar-refractivity contribution is 0.171. The second-order valence-corrected chi connectivity index (χ2v) is 5.66. The fourth-order valence-electron chi connectivity index (χ4n) is 2.68. The summed E-state index contributed by atoms with van der Waals surface area (Å²) < 4.78 is 2.02. The van der Waals surface area contributed by atoms with Gasteiger partial charge in [0.25, 0.3) is 0 Å². The van der Waals surface area contributed by atoms with E-state index in [0.717, 1.165) is 40.4 Å². The zero-order valence-corrected chi connectivity index (χ0v) is 13.7. The molecule has 2 aromatic rings. The quantitative estimate of drug-likeness (QED) is 0.870. The van der Waals surface area contributed by atoms with Crippen molar-refractivity contribution in [1.29, 1.82) is 0 Å². The third-order valence-corrected chi connectivity index (χ3v) is 4.06. The molecule has 0 saturated carbocycles. The summed E-state index contributed by atoms with van der Waals surface area (Å²) >= 11 is 5.93. The van der Waals surface area contributed by atoms with Crippen molar-refractivity contribution in [2.24, 2.45) is 0 Å². The Balaban J connectivity index is 2.39. The molecule has 0 fully saturated rings. The number of rotatable bonds is 6. The van der Waals surface area contributed by atoms with Gasteiger partial charge in [0.2, 0.25) is 0 Å². The first-order valence-electron chi connectivity index (χ1n) is 7.61. The molecule has 1 aromatic heterocycles. The van der Waals surface area contributed by atoms with Crippen LogP contribution in [0.25, 0.3) is 0 Å². The van der Waals surface area contributed by atoms with Crippen LogP contribution >= 0.6 is 11.6 Å². The minimum Gasteiger partial charge on any atom is -0.388 e. The van der Waals surface area contributed by atoms with Gasteiger partial charge in [-0.25, -0.2) is 0 Å². The Morgan fingerprint density at radius 3 is 2.33 bits per heavy atom. The monoisotopic (exact) mass is 306 g/mol. The number of hydrogen-bond acceptors (Lipinski definition) is 2. The minimum atomic E-state index is -0.422. The summed E-state index contributed by atoms with van der Waals surface area (Å²) in [7, 11) is 0. The van der Waals surface area contributed by atoms with Crippen molar-refractivity contribution >= 4 is 11.6 Å². The molecule has 1 N–H and O–H groups in total. The van der Waals surface area contributed by atoms with E-state index in [1.165, 1.54) is 0 Å². The van der Waals surface area contributed by atoms with E-state index >= 15 is 0 Å². The third-order valence-electron chi connectivity index (χ3n) is 3.81. The summed E-state index contributed by atoms with van der Waals surface area (Å²) in [5.74, 6) is 0. The molecule has 0 amide bonds. The van der Waals surface area contributed by atoms with Crippen molar-refractivity contribution in [2.45, 2.75) is 52.7 Å². The average molecular weight is 307 g/mol. The van der Waals surface area contributed by atoms with Crippen molar-refractivity contribution in [3.8, 4) is 0 Å². The Morgan fingerprint density at radius 2 is 1.81 bits per heavy atom. The number of benzene rings is 1. The number of halogens is 1. The van der Waals surface area contributed by atoms with Crippen LogP contribution in [0.5, 0.6) is 0 Å².